The van der Waals surface area contributed by atoms with Crippen LogP contribution in [-0.2, 0) is 0 Å². The molecule has 0 spiro atoms. The van der Waals surface area contributed by atoms with Crippen molar-refractivity contribution >= 4 is 28.4 Å². The zero-order valence-corrected chi connectivity index (χ0v) is 20.5. The Hall–Kier alpha value is -5.83. The number of nitrogen functional groups attached to an aromatic ring is 1. The maximum absolute atomic E-state index is 13.9. The number of rotatable bonds is 4. The summed E-state index contributed by atoms with van der Waals surface area (Å²) in [4.78, 5) is 40.1. The van der Waals surface area contributed by atoms with Gasteiger partial charge in [-0.05, 0) is 43.2 Å². The lowest BCUT2D eigenvalue weighted by Crippen LogP contribution is -2.33. The third-order valence-electron chi connectivity index (χ3n) is 6.02. The lowest BCUT2D eigenvalue weighted by molar-refractivity contribution is 0.0940. The zero-order valence-electron chi connectivity index (χ0n) is 20.5. The summed E-state index contributed by atoms with van der Waals surface area (Å²) in [5, 5.41) is 14.3. The second-order valence-corrected chi connectivity index (χ2v) is 8.57. The van der Waals surface area contributed by atoms with Crippen LogP contribution in [0.15, 0.2) is 78.1 Å². The first kappa shape index (κ1) is 23.6. The summed E-state index contributed by atoms with van der Waals surface area (Å²) in [6, 6.07) is 13.5. The highest BCUT2D eigenvalue weighted by Crippen LogP contribution is 2.21. The number of nitrogens with one attached hydrogen (secondary N) is 2. The third kappa shape index (κ3) is 4.23. The molecule has 12 heteroatoms. The minimum Gasteiger partial charge on any atom is -0.381 e. The Kier molecular flexibility index (Phi) is 5.78. The van der Waals surface area contributed by atoms with Gasteiger partial charge in [-0.15, -0.1) is 5.10 Å². The highest BCUT2D eigenvalue weighted by molar-refractivity contribution is 6.04. The number of nitrogens with two attached hydrogens (primary N) is 1. The summed E-state index contributed by atoms with van der Waals surface area (Å²) in [5.74, 6) is 5.78. The van der Waals surface area contributed by atoms with Crippen LogP contribution in [0.25, 0.3) is 22.4 Å². The van der Waals surface area contributed by atoms with Crippen molar-refractivity contribution in [2.75, 3.05) is 5.73 Å². The number of carbonyl (C=O) groups is 1. The Balaban J connectivity index is 1.45. The van der Waals surface area contributed by atoms with Crippen molar-refractivity contribution in [3.05, 3.63) is 106 Å². The summed E-state index contributed by atoms with van der Waals surface area (Å²) in [6.07, 6.45) is 6.47. The number of pyridine rings is 1. The molecule has 0 aliphatic heterocycles. The maximum atomic E-state index is 13.9. The molecule has 6 rings (SSSR count). The fourth-order valence-corrected chi connectivity index (χ4v) is 4.22. The molecule has 0 saturated heterocycles. The van der Waals surface area contributed by atoms with Crippen LogP contribution < -0.4 is 16.6 Å². The standard InChI is InChI=1S/C27H20N10O2/c1-16(31-26(38)21-22(28)35-36-15-5-12-30-25(21)36)24-32-23-20(27(39)37(24)18-6-3-2-4-7-18)19(33-34-23)9-8-17-10-13-29-14-11-17/h2-7,10-16H,1H3,(H2,28,35)(H,31,38)(H,33,34). The molecule has 1 aromatic carbocycles. The van der Waals surface area contributed by atoms with Gasteiger partial charge < -0.3 is 11.1 Å². The number of amides is 1. The molecular weight excluding hydrogens is 496 g/mol. The summed E-state index contributed by atoms with van der Waals surface area (Å²) < 4.78 is 2.87. The van der Waals surface area contributed by atoms with Gasteiger partial charge in [-0.25, -0.2) is 14.5 Å². The molecule has 12 nitrogen and oxygen atoms in total. The number of anilines is 1. The number of fused-ring (bicyclic) bond motifs is 2. The van der Waals surface area contributed by atoms with Crippen molar-refractivity contribution in [3.63, 3.8) is 0 Å². The molecule has 1 atom stereocenters. The van der Waals surface area contributed by atoms with Crippen LogP contribution in [-0.4, -0.2) is 45.2 Å². The Labute approximate surface area is 220 Å². The van der Waals surface area contributed by atoms with Crippen molar-refractivity contribution in [1.82, 2.24) is 44.6 Å². The highest BCUT2D eigenvalue weighted by Gasteiger charge is 2.25. The van der Waals surface area contributed by atoms with Crippen LogP contribution in [0.5, 0.6) is 0 Å². The number of carbonyl (C=O) groups excluding carboxylic acids is 1. The van der Waals surface area contributed by atoms with E-state index in [0.29, 0.717) is 17.0 Å². The number of H-pyrrole nitrogens is 1. The SMILES string of the molecule is CC(NC(=O)c1c(N)nn2cccnc12)c1nc2n[nH]c(C#Cc3ccncc3)c2c(=O)n1-c1ccccc1. The van der Waals surface area contributed by atoms with Gasteiger partial charge in [-0.3, -0.25) is 24.2 Å². The van der Waals surface area contributed by atoms with E-state index in [1.165, 1.54) is 9.08 Å². The molecule has 5 heterocycles. The summed E-state index contributed by atoms with van der Waals surface area (Å²) in [5.41, 5.74) is 7.90. The van der Waals surface area contributed by atoms with Crippen LogP contribution in [0, 0.1) is 11.8 Å². The molecule has 0 aliphatic carbocycles. The first-order chi connectivity index (χ1) is 19.0. The van der Waals surface area contributed by atoms with E-state index in [0.717, 1.165) is 5.56 Å². The van der Waals surface area contributed by atoms with E-state index in [2.05, 4.69) is 47.4 Å². The first-order valence-electron chi connectivity index (χ1n) is 11.9. The topological polar surface area (TPSA) is 162 Å². The fourth-order valence-electron chi connectivity index (χ4n) is 4.22. The lowest BCUT2D eigenvalue weighted by Gasteiger charge is -2.18. The van der Waals surface area contributed by atoms with E-state index >= 15 is 0 Å². The van der Waals surface area contributed by atoms with Gasteiger partial charge in [0.05, 0.1) is 11.7 Å². The molecule has 4 N–H and O–H groups in total. The predicted octanol–water partition coefficient (Wildman–Crippen LogP) is 2.02. The van der Waals surface area contributed by atoms with E-state index in [-0.39, 0.29) is 33.8 Å². The molecule has 1 amide bonds. The number of nitrogens with zero attached hydrogens (tertiary/aromatic N) is 7. The van der Waals surface area contributed by atoms with Crippen LogP contribution in [0.1, 0.15) is 40.4 Å². The average molecular weight is 517 g/mol. The van der Waals surface area contributed by atoms with Gasteiger partial charge in [0.15, 0.2) is 17.1 Å². The Bertz CT molecular complexity index is 1960. The Morgan fingerprint density at radius 1 is 1.08 bits per heavy atom. The molecule has 190 valence electrons. The van der Waals surface area contributed by atoms with E-state index in [1.54, 1.807) is 62.0 Å². The van der Waals surface area contributed by atoms with Crippen molar-refractivity contribution < 1.29 is 4.79 Å². The molecule has 6 aromatic rings. The molecule has 5 aromatic heterocycles. The van der Waals surface area contributed by atoms with Gasteiger partial charge in [0.25, 0.3) is 11.5 Å². The number of benzene rings is 1. The minimum atomic E-state index is -0.726. The second-order valence-electron chi connectivity index (χ2n) is 8.57. The van der Waals surface area contributed by atoms with E-state index < -0.39 is 11.9 Å². The van der Waals surface area contributed by atoms with Crippen molar-refractivity contribution in [2.45, 2.75) is 13.0 Å². The Morgan fingerprint density at radius 2 is 1.87 bits per heavy atom. The summed E-state index contributed by atoms with van der Waals surface area (Å²) >= 11 is 0. The molecule has 0 radical (unpaired) electrons. The molecule has 0 aliphatic rings. The predicted molar refractivity (Wildman–Crippen MR) is 143 cm³/mol. The number of hydrogen-bond donors (Lipinski definition) is 3. The van der Waals surface area contributed by atoms with Crippen molar-refractivity contribution in [3.8, 4) is 17.5 Å². The smallest absolute Gasteiger partial charge is 0.270 e. The largest absolute Gasteiger partial charge is 0.381 e. The third-order valence-corrected chi connectivity index (χ3v) is 6.02. The van der Waals surface area contributed by atoms with Crippen molar-refractivity contribution in [1.29, 1.82) is 0 Å². The second kappa shape index (κ2) is 9.56. The summed E-state index contributed by atoms with van der Waals surface area (Å²) in [6.45, 7) is 1.72. The number of aromatic nitrogens is 8. The molecule has 0 bridgehead atoms. The molecular formula is C27H20N10O2. The summed E-state index contributed by atoms with van der Waals surface area (Å²) in [7, 11) is 0. The number of hydrogen-bond acceptors (Lipinski definition) is 8. The monoisotopic (exact) mass is 516 g/mol. The lowest BCUT2D eigenvalue weighted by atomic mass is 10.2. The van der Waals surface area contributed by atoms with Gasteiger partial charge in [-0.1, -0.05) is 24.1 Å². The minimum absolute atomic E-state index is 0.0342. The highest BCUT2D eigenvalue weighted by atomic mass is 16.2. The van der Waals surface area contributed by atoms with Gasteiger partial charge in [-0.2, -0.15) is 5.10 Å². The van der Waals surface area contributed by atoms with E-state index in [1.807, 2.05) is 18.2 Å². The molecule has 0 saturated carbocycles. The Morgan fingerprint density at radius 3 is 2.67 bits per heavy atom. The van der Waals surface area contributed by atoms with Crippen LogP contribution >= 0.6 is 0 Å². The molecule has 39 heavy (non-hydrogen) atoms. The van der Waals surface area contributed by atoms with Gasteiger partial charge in [0.2, 0.25) is 0 Å². The molecule has 0 fully saturated rings. The van der Waals surface area contributed by atoms with E-state index in [4.69, 9.17) is 5.73 Å². The normalized spacial score (nSPS) is 11.7. The quantitative estimate of drug-likeness (QED) is 0.300. The fraction of sp³-hybridized carbons (Fsp3) is 0.0741. The van der Waals surface area contributed by atoms with Gasteiger partial charge in [0.1, 0.15) is 22.5 Å². The van der Waals surface area contributed by atoms with Crippen LogP contribution in [0.3, 0.4) is 0 Å². The van der Waals surface area contributed by atoms with Gasteiger partial charge in [0, 0.05) is 30.4 Å². The zero-order chi connectivity index (χ0) is 26.9. The van der Waals surface area contributed by atoms with E-state index in [9.17, 15) is 9.59 Å². The average Bonchev–Trinajstić information content (AvgIpc) is 3.52. The maximum Gasteiger partial charge on any atom is 0.270 e. The van der Waals surface area contributed by atoms with Crippen molar-refractivity contribution in [2.24, 2.45) is 0 Å². The van der Waals surface area contributed by atoms with Crippen LogP contribution in [0.2, 0.25) is 0 Å². The number of para-hydroxylation sites is 1. The number of aromatic amines is 1. The first-order valence-corrected chi connectivity index (χ1v) is 11.9. The van der Waals surface area contributed by atoms with Crippen LogP contribution in [0.4, 0.5) is 5.82 Å². The molecule has 1 unspecified atom stereocenters. The van der Waals surface area contributed by atoms with Gasteiger partial charge >= 0.3 is 0 Å².